The Morgan fingerprint density at radius 1 is 1.53 bits per heavy atom. The molecular weight excluding hydrogens is 280 g/mol. The van der Waals surface area contributed by atoms with Crippen molar-refractivity contribution >= 4 is 27.6 Å². The standard InChI is InChI=1S/C12H17BrN4/c1-8-6-11(16-7-10(8)13)17-4-2-9(3-5-17)12(14)15/h6-7,9H,2-5H2,1H3,(H3,14,15). The molecule has 0 unspecified atom stereocenters. The second-order valence-corrected chi connectivity index (χ2v) is 5.36. The molecule has 92 valence electrons. The predicted octanol–water partition coefficient (Wildman–Crippen LogP) is 2.30. The van der Waals surface area contributed by atoms with Crippen LogP contribution in [0.4, 0.5) is 5.82 Å². The Bertz CT molecular complexity index is 425. The van der Waals surface area contributed by atoms with Crippen LogP contribution in [-0.2, 0) is 0 Å². The maximum absolute atomic E-state index is 7.46. The summed E-state index contributed by atoms with van der Waals surface area (Å²) in [6.45, 7) is 3.92. The number of hydrogen-bond donors (Lipinski definition) is 2. The molecule has 2 heterocycles. The number of aryl methyl sites for hydroxylation is 1. The van der Waals surface area contributed by atoms with Crippen molar-refractivity contribution in [2.24, 2.45) is 11.7 Å². The molecule has 1 saturated heterocycles. The van der Waals surface area contributed by atoms with E-state index in [2.05, 4.69) is 38.8 Å². The smallest absolute Gasteiger partial charge is 0.128 e. The highest BCUT2D eigenvalue weighted by atomic mass is 79.9. The number of halogens is 1. The van der Waals surface area contributed by atoms with Gasteiger partial charge in [0, 0.05) is 29.7 Å². The third-order valence-electron chi connectivity index (χ3n) is 3.29. The second-order valence-electron chi connectivity index (χ2n) is 4.51. The van der Waals surface area contributed by atoms with Gasteiger partial charge < -0.3 is 10.6 Å². The van der Waals surface area contributed by atoms with Crippen LogP contribution in [0.2, 0.25) is 0 Å². The van der Waals surface area contributed by atoms with Gasteiger partial charge in [0.1, 0.15) is 5.82 Å². The van der Waals surface area contributed by atoms with Gasteiger partial charge in [0.25, 0.3) is 0 Å². The van der Waals surface area contributed by atoms with Crippen LogP contribution in [0.15, 0.2) is 16.7 Å². The van der Waals surface area contributed by atoms with E-state index in [0.717, 1.165) is 36.2 Å². The quantitative estimate of drug-likeness (QED) is 0.650. The van der Waals surface area contributed by atoms with E-state index >= 15 is 0 Å². The molecule has 1 aromatic rings. The van der Waals surface area contributed by atoms with Crippen molar-refractivity contribution in [3.63, 3.8) is 0 Å². The lowest BCUT2D eigenvalue weighted by atomic mass is 9.96. The number of nitrogens with zero attached hydrogens (tertiary/aromatic N) is 2. The maximum Gasteiger partial charge on any atom is 0.128 e. The highest BCUT2D eigenvalue weighted by Gasteiger charge is 2.22. The lowest BCUT2D eigenvalue weighted by Gasteiger charge is -2.32. The minimum absolute atomic E-state index is 0.253. The van der Waals surface area contributed by atoms with E-state index in [-0.39, 0.29) is 5.92 Å². The van der Waals surface area contributed by atoms with Crippen LogP contribution in [0, 0.1) is 18.3 Å². The normalized spacial score (nSPS) is 17.2. The second kappa shape index (κ2) is 5.04. The van der Waals surface area contributed by atoms with Gasteiger partial charge in [-0.25, -0.2) is 4.98 Å². The number of nitrogens with one attached hydrogen (secondary N) is 1. The molecule has 0 atom stereocenters. The Kier molecular flexibility index (Phi) is 3.66. The summed E-state index contributed by atoms with van der Waals surface area (Å²) in [6, 6.07) is 2.10. The third-order valence-corrected chi connectivity index (χ3v) is 4.12. The van der Waals surface area contributed by atoms with E-state index in [1.807, 2.05) is 6.20 Å². The molecule has 0 amide bonds. The average Bonchev–Trinajstić information content (AvgIpc) is 2.33. The molecule has 0 saturated carbocycles. The summed E-state index contributed by atoms with van der Waals surface area (Å²) in [4.78, 5) is 6.69. The Morgan fingerprint density at radius 3 is 2.71 bits per heavy atom. The van der Waals surface area contributed by atoms with Gasteiger partial charge in [-0.15, -0.1) is 0 Å². The number of piperidine rings is 1. The predicted molar refractivity (Wildman–Crippen MR) is 73.5 cm³/mol. The van der Waals surface area contributed by atoms with E-state index in [9.17, 15) is 0 Å². The van der Waals surface area contributed by atoms with Crippen molar-refractivity contribution in [1.82, 2.24) is 4.98 Å². The number of rotatable bonds is 2. The van der Waals surface area contributed by atoms with Gasteiger partial charge in [0.05, 0.1) is 5.84 Å². The molecule has 5 heteroatoms. The van der Waals surface area contributed by atoms with Crippen molar-refractivity contribution in [1.29, 1.82) is 5.41 Å². The van der Waals surface area contributed by atoms with Gasteiger partial charge in [-0.1, -0.05) is 0 Å². The number of amidine groups is 1. The minimum Gasteiger partial charge on any atom is -0.387 e. The van der Waals surface area contributed by atoms with Crippen molar-refractivity contribution in [2.45, 2.75) is 19.8 Å². The average molecular weight is 297 g/mol. The molecule has 0 radical (unpaired) electrons. The van der Waals surface area contributed by atoms with Gasteiger partial charge in [-0.3, -0.25) is 5.41 Å². The van der Waals surface area contributed by atoms with Gasteiger partial charge in [-0.2, -0.15) is 0 Å². The topological polar surface area (TPSA) is 66.0 Å². The molecule has 0 spiro atoms. The van der Waals surface area contributed by atoms with Crippen LogP contribution < -0.4 is 10.6 Å². The first-order chi connectivity index (χ1) is 8.08. The van der Waals surface area contributed by atoms with Crippen LogP contribution in [0.3, 0.4) is 0 Å². The molecule has 4 nitrogen and oxygen atoms in total. The minimum atomic E-state index is 0.253. The Labute approximate surface area is 110 Å². The highest BCUT2D eigenvalue weighted by molar-refractivity contribution is 9.10. The molecule has 2 rings (SSSR count). The zero-order valence-corrected chi connectivity index (χ0v) is 11.5. The zero-order chi connectivity index (χ0) is 12.4. The van der Waals surface area contributed by atoms with Gasteiger partial charge >= 0.3 is 0 Å². The highest BCUT2D eigenvalue weighted by Crippen LogP contribution is 2.24. The number of nitrogens with two attached hydrogens (primary N) is 1. The summed E-state index contributed by atoms with van der Waals surface area (Å²) in [5.74, 6) is 1.60. The van der Waals surface area contributed by atoms with Gasteiger partial charge in [-0.05, 0) is 47.3 Å². The Balaban J connectivity index is 2.05. The van der Waals surface area contributed by atoms with E-state index < -0.39 is 0 Å². The van der Waals surface area contributed by atoms with Crippen molar-refractivity contribution in [3.05, 3.63) is 22.3 Å². The molecule has 1 aromatic heterocycles. The third kappa shape index (κ3) is 2.77. The van der Waals surface area contributed by atoms with Crippen molar-refractivity contribution < 1.29 is 0 Å². The Morgan fingerprint density at radius 2 is 2.18 bits per heavy atom. The monoisotopic (exact) mass is 296 g/mol. The van der Waals surface area contributed by atoms with Crippen LogP contribution >= 0.6 is 15.9 Å². The van der Waals surface area contributed by atoms with Gasteiger partial charge in [0.15, 0.2) is 0 Å². The first-order valence-electron chi connectivity index (χ1n) is 5.79. The van der Waals surface area contributed by atoms with Crippen LogP contribution in [0.25, 0.3) is 0 Å². The number of hydrogen-bond acceptors (Lipinski definition) is 3. The fourth-order valence-corrected chi connectivity index (χ4v) is 2.33. The molecular formula is C12H17BrN4. The van der Waals surface area contributed by atoms with E-state index in [0.29, 0.717) is 5.84 Å². The summed E-state index contributed by atoms with van der Waals surface area (Å²) >= 11 is 3.46. The van der Waals surface area contributed by atoms with Crippen LogP contribution in [0.5, 0.6) is 0 Å². The summed E-state index contributed by atoms with van der Waals surface area (Å²) in [6.07, 6.45) is 3.75. The van der Waals surface area contributed by atoms with E-state index in [1.54, 1.807) is 0 Å². The lowest BCUT2D eigenvalue weighted by Crippen LogP contribution is -2.38. The fraction of sp³-hybridized carbons (Fsp3) is 0.500. The molecule has 0 bridgehead atoms. The first-order valence-corrected chi connectivity index (χ1v) is 6.58. The van der Waals surface area contributed by atoms with Crippen molar-refractivity contribution in [2.75, 3.05) is 18.0 Å². The SMILES string of the molecule is Cc1cc(N2CCC(C(=N)N)CC2)ncc1Br. The van der Waals surface area contributed by atoms with E-state index in [4.69, 9.17) is 11.1 Å². The van der Waals surface area contributed by atoms with Crippen LogP contribution in [-0.4, -0.2) is 23.9 Å². The molecule has 0 aromatic carbocycles. The zero-order valence-electron chi connectivity index (χ0n) is 9.91. The summed E-state index contributed by atoms with van der Waals surface area (Å²) in [5, 5.41) is 7.46. The van der Waals surface area contributed by atoms with Crippen molar-refractivity contribution in [3.8, 4) is 0 Å². The van der Waals surface area contributed by atoms with Gasteiger partial charge in [0.2, 0.25) is 0 Å². The summed E-state index contributed by atoms with van der Waals surface area (Å²) in [5.41, 5.74) is 6.74. The molecule has 1 aliphatic rings. The summed E-state index contributed by atoms with van der Waals surface area (Å²) in [7, 11) is 0. The molecule has 1 fully saturated rings. The first kappa shape index (κ1) is 12.4. The molecule has 17 heavy (non-hydrogen) atoms. The fourth-order valence-electron chi connectivity index (χ4n) is 2.12. The largest absolute Gasteiger partial charge is 0.387 e. The molecule has 3 N–H and O–H groups in total. The molecule has 0 aliphatic carbocycles. The summed E-state index contributed by atoms with van der Waals surface area (Å²) < 4.78 is 1.04. The maximum atomic E-state index is 7.46. The lowest BCUT2D eigenvalue weighted by molar-refractivity contribution is 0.495. The number of aromatic nitrogens is 1. The number of pyridine rings is 1. The Hall–Kier alpha value is -1.10. The molecule has 1 aliphatic heterocycles. The van der Waals surface area contributed by atoms with Crippen LogP contribution in [0.1, 0.15) is 18.4 Å². The number of anilines is 1. The van der Waals surface area contributed by atoms with E-state index in [1.165, 1.54) is 5.56 Å².